The molecule has 234 valence electrons. The minimum atomic E-state index is -1.35. The Hall–Kier alpha value is -4.44. The molecule has 45 heavy (non-hydrogen) atoms. The number of amides is 1. The van der Waals surface area contributed by atoms with Crippen molar-refractivity contribution in [1.29, 1.82) is 0 Å². The van der Waals surface area contributed by atoms with Gasteiger partial charge in [-0.3, -0.25) is 14.5 Å². The summed E-state index contributed by atoms with van der Waals surface area (Å²) in [5.41, 5.74) is 2.14. The molecule has 3 aromatic rings. The quantitative estimate of drug-likeness (QED) is 0.0870. The number of hydrogen-bond donors (Lipinski definition) is 2. The Kier molecular flexibility index (Phi) is 11.9. The van der Waals surface area contributed by atoms with Crippen molar-refractivity contribution in [2.75, 3.05) is 24.7 Å². The Morgan fingerprint density at radius 3 is 2.13 bits per heavy atom. The molecule has 0 fully saturated rings. The number of carbonyl (C=O) groups excluding carboxylic acids is 3. The monoisotopic (exact) mass is 627 g/mol. The van der Waals surface area contributed by atoms with Gasteiger partial charge in [-0.15, -0.1) is 0 Å². The molecule has 1 heterocycles. The number of aliphatic hydroxyl groups excluding tert-OH is 1. The van der Waals surface area contributed by atoms with Crippen molar-refractivity contribution in [3.8, 4) is 16.9 Å². The van der Waals surface area contributed by atoms with Gasteiger partial charge in [0.25, 0.3) is 5.91 Å². The van der Waals surface area contributed by atoms with E-state index in [-0.39, 0.29) is 16.6 Å². The van der Waals surface area contributed by atoms with E-state index in [9.17, 15) is 19.5 Å². The molecule has 1 unspecified atom stereocenters. The number of ether oxygens (including phenoxy) is 2. The van der Waals surface area contributed by atoms with Gasteiger partial charge in [0.15, 0.2) is 5.72 Å². The van der Waals surface area contributed by atoms with Crippen LogP contribution in [-0.2, 0) is 19.1 Å². The van der Waals surface area contributed by atoms with Crippen molar-refractivity contribution in [3.05, 3.63) is 109 Å². The first kappa shape index (κ1) is 33.5. The molecule has 0 aliphatic carbocycles. The van der Waals surface area contributed by atoms with Gasteiger partial charge in [0.05, 0.1) is 25.4 Å². The second kappa shape index (κ2) is 16.0. The highest BCUT2D eigenvalue weighted by atomic mass is 32.2. The highest BCUT2D eigenvalue weighted by Gasteiger charge is 2.36. The molecule has 8 nitrogen and oxygen atoms in total. The van der Waals surface area contributed by atoms with Gasteiger partial charge in [-0.25, -0.2) is 4.79 Å². The third kappa shape index (κ3) is 9.78. The smallest absolute Gasteiger partial charge is 0.335 e. The maximum atomic E-state index is 12.6. The van der Waals surface area contributed by atoms with Gasteiger partial charge in [-0.1, -0.05) is 49.1 Å². The summed E-state index contributed by atoms with van der Waals surface area (Å²) in [4.78, 5) is 38.3. The Morgan fingerprint density at radius 1 is 0.911 bits per heavy atom. The van der Waals surface area contributed by atoms with E-state index in [2.05, 4.69) is 6.58 Å². The first-order chi connectivity index (χ1) is 21.7. The molecular weight excluding hydrogens is 590 g/mol. The van der Waals surface area contributed by atoms with Crippen molar-refractivity contribution in [2.24, 2.45) is 0 Å². The average molecular weight is 628 g/mol. The van der Waals surface area contributed by atoms with Crippen LogP contribution >= 0.6 is 11.8 Å². The van der Waals surface area contributed by atoms with Gasteiger partial charge in [-0.2, -0.15) is 0 Å². The number of unbranched alkanes of at least 4 members (excludes halogenated alkanes) is 3. The van der Waals surface area contributed by atoms with E-state index >= 15 is 0 Å². The van der Waals surface area contributed by atoms with Crippen LogP contribution < -0.4 is 9.64 Å². The molecule has 3 aromatic carbocycles. The van der Waals surface area contributed by atoms with Crippen molar-refractivity contribution in [3.63, 3.8) is 0 Å². The molecular formula is C36H37NO7S. The van der Waals surface area contributed by atoms with Crippen LogP contribution in [0.5, 0.6) is 5.75 Å². The van der Waals surface area contributed by atoms with Crippen LogP contribution in [0.2, 0.25) is 0 Å². The van der Waals surface area contributed by atoms with Gasteiger partial charge < -0.3 is 19.7 Å². The third-order valence-corrected chi connectivity index (χ3v) is 7.90. The Morgan fingerprint density at radius 2 is 1.53 bits per heavy atom. The van der Waals surface area contributed by atoms with E-state index in [1.165, 1.54) is 17.1 Å². The highest BCUT2D eigenvalue weighted by Crippen LogP contribution is 2.31. The number of nitrogens with zero attached hydrogens (tertiary/aromatic N) is 1. The van der Waals surface area contributed by atoms with Crippen LogP contribution in [0.3, 0.4) is 0 Å². The molecule has 0 saturated heterocycles. The Labute approximate surface area is 267 Å². The molecule has 1 aliphatic rings. The van der Waals surface area contributed by atoms with Crippen LogP contribution in [-0.4, -0.2) is 52.8 Å². The number of carbonyl (C=O) groups is 3. The van der Waals surface area contributed by atoms with Gasteiger partial charge in [0.2, 0.25) is 5.12 Å². The second-order valence-electron chi connectivity index (χ2n) is 10.7. The number of aliphatic hydroxyl groups is 2. The van der Waals surface area contributed by atoms with E-state index in [4.69, 9.17) is 14.6 Å². The fourth-order valence-electron chi connectivity index (χ4n) is 4.58. The largest absolute Gasteiger partial charge is 0.494 e. The SMILES string of the molecule is C=C(CO)C(=O)OCCCCCCOc1ccc(/C=C/C(=O)Sc2ccc(-c3ccc(N4C(=O)C=CC4(C)O)cc3)cc2)cc1. The summed E-state index contributed by atoms with van der Waals surface area (Å²) in [5.74, 6) is -0.0598. The number of anilines is 1. The predicted molar refractivity (Wildman–Crippen MR) is 177 cm³/mol. The minimum Gasteiger partial charge on any atom is -0.494 e. The summed E-state index contributed by atoms with van der Waals surface area (Å²) in [5, 5.41) is 19.2. The van der Waals surface area contributed by atoms with Gasteiger partial charge >= 0.3 is 5.97 Å². The van der Waals surface area contributed by atoms with E-state index in [0.717, 1.165) is 64.8 Å². The average Bonchev–Trinajstić information content (AvgIpc) is 3.33. The Bertz CT molecular complexity index is 1540. The van der Waals surface area contributed by atoms with Crippen LogP contribution in [0.25, 0.3) is 17.2 Å². The maximum Gasteiger partial charge on any atom is 0.335 e. The Balaban J connectivity index is 1.16. The molecule has 0 radical (unpaired) electrons. The highest BCUT2D eigenvalue weighted by molar-refractivity contribution is 8.14. The zero-order chi connectivity index (χ0) is 32.2. The molecule has 1 amide bonds. The summed E-state index contributed by atoms with van der Waals surface area (Å²) in [6.45, 7) is 5.50. The van der Waals surface area contributed by atoms with Crippen molar-refractivity contribution < 1.29 is 34.1 Å². The lowest BCUT2D eigenvalue weighted by Crippen LogP contribution is -2.43. The fourth-order valence-corrected chi connectivity index (χ4v) is 5.22. The van der Waals surface area contributed by atoms with Crippen molar-refractivity contribution >= 4 is 40.5 Å². The number of esters is 1. The predicted octanol–water partition coefficient (Wildman–Crippen LogP) is 6.33. The summed E-state index contributed by atoms with van der Waals surface area (Å²) in [7, 11) is 0. The number of rotatable bonds is 15. The standard InChI is InChI=1S/C36H37NO7S/c1-26(25-38)35(41)44-24-6-4-3-5-23-43-31-16-7-27(8-17-31)9-20-34(40)45-32-18-12-29(13-19-32)28-10-14-30(15-11-28)37-33(39)21-22-36(37,2)42/h7-22,38,42H,1,3-6,23-25H2,2H3/b20-9+. The van der Waals surface area contributed by atoms with Crippen molar-refractivity contribution in [1.82, 2.24) is 0 Å². The van der Waals surface area contributed by atoms with Crippen LogP contribution in [0.4, 0.5) is 5.69 Å². The van der Waals surface area contributed by atoms with Gasteiger partial charge in [0.1, 0.15) is 5.75 Å². The lowest BCUT2D eigenvalue weighted by Gasteiger charge is -2.29. The zero-order valence-corrected chi connectivity index (χ0v) is 26.0. The van der Waals surface area contributed by atoms with Crippen molar-refractivity contribution in [2.45, 2.75) is 43.2 Å². The lowest BCUT2D eigenvalue weighted by atomic mass is 10.0. The molecule has 1 atom stereocenters. The second-order valence-corrected chi connectivity index (χ2v) is 11.7. The minimum absolute atomic E-state index is 0.0623. The molecule has 0 bridgehead atoms. The number of hydrogen-bond acceptors (Lipinski definition) is 8. The molecule has 9 heteroatoms. The van der Waals surface area contributed by atoms with E-state index in [1.807, 2.05) is 60.7 Å². The van der Waals surface area contributed by atoms with Crippen LogP contribution in [0, 0.1) is 0 Å². The molecule has 0 saturated carbocycles. The first-order valence-electron chi connectivity index (χ1n) is 14.7. The molecule has 4 rings (SSSR count). The zero-order valence-electron chi connectivity index (χ0n) is 25.2. The van der Waals surface area contributed by atoms with E-state index < -0.39 is 18.3 Å². The molecule has 0 spiro atoms. The van der Waals surface area contributed by atoms with Crippen LogP contribution in [0.1, 0.15) is 38.2 Å². The summed E-state index contributed by atoms with van der Waals surface area (Å²) in [6.07, 6.45) is 9.63. The topological polar surface area (TPSA) is 113 Å². The van der Waals surface area contributed by atoms with Gasteiger partial charge in [0, 0.05) is 16.7 Å². The third-order valence-electron chi connectivity index (χ3n) is 7.06. The fraction of sp³-hybridized carbons (Fsp3) is 0.250. The van der Waals surface area contributed by atoms with E-state index in [1.54, 1.807) is 31.2 Å². The molecule has 2 N–H and O–H groups in total. The van der Waals surface area contributed by atoms with E-state index in [0.29, 0.717) is 18.9 Å². The summed E-state index contributed by atoms with van der Waals surface area (Å²) in [6, 6.07) is 22.6. The molecule has 0 aromatic heterocycles. The van der Waals surface area contributed by atoms with Crippen LogP contribution in [0.15, 0.2) is 108 Å². The number of thioether (sulfide) groups is 1. The normalized spacial score (nSPS) is 15.9. The maximum absolute atomic E-state index is 12.6. The molecule has 1 aliphatic heterocycles. The lowest BCUT2D eigenvalue weighted by molar-refractivity contribution is -0.139. The summed E-state index contributed by atoms with van der Waals surface area (Å²) < 4.78 is 10.8. The summed E-state index contributed by atoms with van der Waals surface area (Å²) >= 11 is 1.15. The first-order valence-corrected chi connectivity index (χ1v) is 15.5. The van der Waals surface area contributed by atoms with Gasteiger partial charge in [-0.05, 0) is 110 Å². The number of benzene rings is 3.